The molecule has 0 spiro atoms. The second-order valence-corrected chi connectivity index (χ2v) is 6.25. The SMILES string of the molecule is NC(=O)c1ccc(S(=O)(=O)Nc2ccc(OC(F)(F)F)cc2)cc1. The molecular formula is C14H11F3N2O4S. The van der Waals surface area contributed by atoms with Crippen LogP contribution >= 0.6 is 0 Å². The molecule has 0 aliphatic heterocycles. The normalized spacial score (nSPS) is 11.8. The highest BCUT2D eigenvalue weighted by Crippen LogP contribution is 2.25. The number of ether oxygens (including phenoxy) is 1. The van der Waals surface area contributed by atoms with Crippen LogP contribution in [0.25, 0.3) is 0 Å². The van der Waals surface area contributed by atoms with E-state index in [2.05, 4.69) is 9.46 Å². The molecule has 0 saturated carbocycles. The number of anilines is 1. The number of hydrogen-bond donors (Lipinski definition) is 2. The van der Waals surface area contributed by atoms with Gasteiger partial charge in [0, 0.05) is 11.3 Å². The van der Waals surface area contributed by atoms with Gasteiger partial charge in [-0.05, 0) is 48.5 Å². The Morgan fingerprint density at radius 3 is 2.00 bits per heavy atom. The maximum absolute atomic E-state index is 12.2. The molecular weight excluding hydrogens is 349 g/mol. The van der Waals surface area contributed by atoms with E-state index in [1.54, 1.807) is 0 Å². The first-order valence-corrected chi connectivity index (χ1v) is 7.84. The van der Waals surface area contributed by atoms with Gasteiger partial charge in [0.15, 0.2) is 0 Å². The van der Waals surface area contributed by atoms with E-state index in [-0.39, 0.29) is 16.1 Å². The van der Waals surface area contributed by atoms with Gasteiger partial charge in [0.25, 0.3) is 10.0 Å². The first kappa shape index (κ1) is 17.6. The maximum Gasteiger partial charge on any atom is 0.573 e. The lowest BCUT2D eigenvalue weighted by atomic mass is 10.2. The van der Waals surface area contributed by atoms with E-state index >= 15 is 0 Å². The number of hydrogen-bond acceptors (Lipinski definition) is 4. The molecule has 0 radical (unpaired) electrons. The van der Waals surface area contributed by atoms with Crippen LogP contribution in [0.15, 0.2) is 53.4 Å². The molecule has 0 unspecified atom stereocenters. The number of sulfonamides is 1. The smallest absolute Gasteiger partial charge is 0.406 e. The minimum atomic E-state index is -4.83. The number of nitrogens with one attached hydrogen (secondary N) is 1. The Balaban J connectivity index is 2.15. The predicted octanol–water partition coefficient (Wildman–Crippen LogP) is 2.48. The highest BCUT2D eigenvalue weighted by atomic mass is 32.2. The molecule has 2 rings (SSSR count). The number of primary amides is 1. The molecule has 0 saturated heterocycles. The van der Waals surface area contributed by atoms with Crippen molar-refractivity contribution in [3.8, 4) is 5.75 Å². The summed E-state index contributed by atoms with van der Waals surface area (Å²) in [6, 6.07) is 9.05. The average molecular weight is 360 g/mol. The van der Waals surface area contributed by atoms with Crippen molar-refractivity contribution in [3.05, 3.63) is 54.1 Å². The monoisotopic (exact) mass is 360 g/mol. The third kappa shape index (κ3) is 4.62. The van der Waals surface area contributed by atoms with E-state index in [1.807, 2.05) is 0 Å². The Morgan fingerprint density at radius 1 is 1.00 bits per heavy atom. The van der Waals surface area contributed by atoms with Crippen LogP contribution in [0.5, 0.6) is 5.75 Å². The van der Waals surface area contributed by atoms with Crippen molar-refractivity contribution >= 4 is 21.6 Å². The summed E-state index contributed by atoms with van der Waals surface area (Å²) in [4.78, 5) is 10.8. The van der Waals surface area contributed by atoms with Crippen LogP contribution in [0.4, 0.5) is 18.9 Å². The molecule has 3 N–H and O–H groups in total. The summed E-state index contributed by atoms with van der Waals surface area (Å²) < 4.78 is 66.4. The van der Waals surface area contributed by atoms with Gasteiger partial charge < -0.3 is 10.5 Å². The molecule has 6 nitrogen and oxygen atoms in total. The summed E-state index contributed by atoms with van der Waals surface area (Å²) >= 11 is 0. The van der Waals surface area contributed by atoms with Gasteiger partial charge in [-0.3, -0.25) is 9.52 Å². The molecule has 0 bridgehead atoms. The first-order chi connectivity index (χ1) is 11.1. The van der Waals surface area contributed by atoms with Crippen LogP contribution in [-0.4, -0.2) is 20.7 Å². The van der Waals surface area contributed by atoms with Crippen LogP contribution in [0.3, 0.4) is 0 Å². The number of benzene rings is 2. The van der Waals surface area contributed by atoms with E-state index in [1.165, 1.54) is 24.3 Å². The average Bonchev–Trinajstić information content (AvgIpc) is 2.47. The number of alkyl halides is 3. The molecule has 0 aliphatic carbocycles. The van der Waals surface area contributed by atoms with E-state index in [0.29, 0.717) is 0 Å². The van der Waals surface area contributed by atoms with Crippen molar-refractivity contribution in [2.45, 2.75) is 11.3 Å². The van der Waals surface area contributed by atoms with Crippen LogP contribution in [0.1, 0.15) is 10.4 Å². The number of carbonyl (C=O) groups is 1. The van der Waals surface area contributed by atoms with E-state index in [4.69, 9.17) is 5.73 Å². The van der Waals surface area contributed by atoms with Crippen LogP contribution in [0.2, 0.25) is 0 Å². The molecule has 0 heterocycles. The first-order valence-electron chi connectivity index (χ1n) is 6.35. The van der Waals surface area contributed by atoms with Gasteiger partial charge in [-0.1, -0.05) is 0 Å². The Morgan fingerprint density at radius 2 is 1.54 bits per heavy atom. The fourth-order valence-electron chi connectivity index (χ4n) is 1.74. The summed E-state index contributed by atoms with van der Waals surface area (Å²) in [6.07, 6.45) is -4.83. The largest absolute Gasteiger partial charge is 0.573 e. The van der Waals surface area contributed by atoms with E-state index in [9.17, 15) is 26.4 Å². The van der Waals surface area contributed by atoms with Crippen molar-refractivity contribution in [1.29, 1.82) is 0 Å². The Labute approximate surface area is 135 Å². The molecule has 0 atom stereocenters. The Bertz CT molecular complexity index is 832. The fourth-order valence-corrected chi connectivity index (χ4v) is 2.80. The molecule has 2 aromatic rings. The number of halogens is 3. The number of rotatable bonds is 5. The van der Waals surface area contributed by atoms with Gasteiger partial charge >= 0.3 is 6.36 Å². The van der Waals surface area contributed by atoms with Crippen LogP contribution in [-0.2, 0) is 10.0 Å². The van der Waals surface area contributed by atoms with E-state index < -0.39 is 28.0 Å². The van der Waals surface area contributed by atoms with Crippen molar-refractivity contribution in [2.24, 2.45) is 5.73 Å². The number of carbonyl (C=O) groups excluding carboxylic acids is 1. The molecule has 0 aromatic heterocycles. The third-order valence-electron chi connectivity index (χ3n) is 2.79. The number of amides is 1. The lowest BCUT2D eigenvalue weighted by Gasteiger charge is -2.11. The summed E-state index contributed by atoms with van der Waals surface area (Å²) in [5.74, 6) is -1.18. The summed E-state index contributed by atoms with van der Waals surface area (Å²) in [7, 11) is -3.97. The van der Waals surface area contributed by atoms with Gasteiger partial charge in [-0.15, -0.1) is 13.2 Å². The molecule has 128 valence electrons. The highest BCUT2D eigenvalue weighted by molar-refractivity contribution is 7.92. The predicted molar refractivity (Wildman–Crippen MR) is 78.9 cm³/mol. The summed E-state index contributed by atoms with van der Waals surface area (Å²) in [6.45, 7) is 0. The minimum absolute atomic E-state index is 0.0449. The van der Waals surface area contributed by atoms with Crippen molar-refractivity contribution in [1.82, 2.24) is 0 Å². The molecule has 10 heteroatoms. The van der Waals surface area contributed by atoms with Gasteiger partial charge in [0.1, 0.15) is 5.75 Å². The lowest BCUT2D eigenvalue weighted by Crippen LogP contribution is -2.17. The molecule has 1 amide bonds. The standard InChI is InChI=1S/C14H11F3N2O4S/c15-14(16,17)23-11-5-3-10(4-6-11)19-24(21,22)12-7-1-9(2-8-12)13(18)20/h1-8,19H,(H2,18,20). The lowest BCUT2D eigenvalue weighted by molar-refractivity contribution is -0.274. The van der Waals surface area contributed by atoms with Crippen molar-refractivity contribution in [3.63, 3.8) is 0 Å². The zero-order valence-corrected chi connectivity index (χ0v) is 12.7. The topological polar surface area (TPSA) is 98.5 Å². The minimum Gasteiger partial charge on any atom is -0.406 e. The zero-order valence-electron chi connectivity index (χ0n) is 11.9. The summed E-state index contributed by atoms with van der Waals surface area (Å²) in [5.41, 5.74) is 5.24. The Kier molecular flexibility index (Phi) is 4.69. The molecule has 2 aromatic carbocycles. The highest BCUT2D eigenvalue weighted by Gasteiger charge is 2.31. The van der Waals surface area contributed by atoms with Crippen molar-refractivity contribution in [2.75, 3.05) is 4.72 Å². The fraction of sp³-hybridized carbons (Fsp3) is 0.0714. The summed E-state index contributed by atoms with van der Waals surface area (Å²) in [5, 5.41) is 0. The van der Waals surface area contributed by atoms with Gasteiger partial charge in [0.05, 0.1) is 4.90 Å². The maximum atomic E-state index is 12.2. The van der Waals surface area contributed by atoms with Gasteiger partial charge in [-0.25, -0.2) is 8.42 Å². The Hall–Kier alpha value is -2.75. The van der Waals surface area contributed by atoms with Crippen LogP contribution < -0.4 is 15.2 Å². The molecule has 24 heavy (non-hydrogen) atoms. The quantitative estimate of drug-likeness (QED) is 0.856. The van der Waals surface area contributed by atoms with Gasteiger partial charge in [0.2, 0.25) is 5.91 Å². The third-order valence-corrected chi connectivity index (χ3v) is 4.19. The molecule has 0 fully saturated rings. The zero-order chi connectivity index (χ0) is 18.0. The van der Waals surface area contributed by atoms with Crippen molar-refractivity contribution < 1.29 is 31.1 Å². The molecule has 0 aliphatic rings. The number of nitrogens with two attached hydrogens (primary N) is 1. The van der Waals surface area contributed by atoms with Crippen LogP contribution in [0, 0.1) is 0 Å². The van der Waals surface area contributed by atoms with E-state index in [0.717, 1.165) is 24.3 Å². The van der Waals surface area contributed by atoms with Gasteiger partial charge in [-0.2, -0.15) is 0 Å². The second-order valence-electron chi connectivity index (χ2n) is 4.57. The second kappa shape index (κ2) is 6.40.